The van der Waals surface area contributed by atoms with Gasteiger partial charge in [-0.05, 0) is 251 Å². The topological polar surface area (TPSA) is 21.3 Å². The van der Waals surface area contributed by atoms with Gasteiger partial charge in [0.2, 0.25) is 13.4 Å². The van der Waals surface area contributed by atoms with Crippen LogP contribution in [0.3, 0.4) is 0 Å². The molecular weight excluding hydrogens is 1340 g/mol. The molecule has 6 aliphatic carbocycles. The van der Waals surface area contributed by atoms with Gasteiger partial charge in [0.15, 0.2) is 0 Å². The van der Waals surface area contributed by atoms with Crippen molar-refractivity contribution >= 4 is 158 Å². The molecule has 2 unspecified atom stereocenters. The maximum Gasteiger partial charge on any atom is 0.248 e. The zero-order valence-electron chi connectivity index (χ0n) is 60.4. The molecule has 7 heterocycles. The summed E-state index contributed by atoms with van der Waals surface area (Å²) in [5.74, 6) is 0.555. The third-order valence-electron chi connectivity index (χ3n) is 26.8. The molecule has 3 aromatic heterocycles. The molecule has 14 aromatic carbocycles. The first-order chi connectivity index (χ1) is 55.1. The SMILES string of the molecule is C1=CC2=CCc3cc(N4c5ccc(-n6c7ccccc7c7cc(-c8cccc9c8-c8cccc%10c8B9c8cc(-n9c%11ccccc%11c%11ccccc%119)ccc8N%10c8cc9c%10c(c8)CC=C8C=CC=C(C=C9)C8%10)ccc76)cc5B5c6cc(-n7c8ccccc8c8ccccc87)ccc6-c6cccc4c65)cc4c3C2C(=C1)C=C4. The van der Waals surface area contributed by atoms with E-state index in [1.165, 1.54) is 233 Å². The molecule has 0 radical (unpaired) electrons. The minimum absolute atomic E-state index is 0.0218. The van der Waals surface area contributed by atoms with Gasteiger partial charge in [0.25, 0.3) is 0 Å². The second-order valence-electron chi connectivity index (χ2n) is 32.0. The summed E-state index contributed by atoms with van der Waals surface area (Å²) in [5, 5.41) is 7.52. The van der Waals surface area contributed by atoms with Crippen LogP contribution in [0.2, 0.25) is 0 Å². The Labute approximate surface area is 641 Å². The molecule has 27 rings (SSSR count). The quantitative estimate of drug-likeness (QED) is 0.155. The summed E-state index contributed by atoms with van der Waals surface area (Å²) in [5.41, 5.74) is 47.7. The highest BCUT2D eigenvalue weighted by Gasteiger charge is 2.47. The van der Waals surface area contributed by atoms with Crippen LogP contribution < -0.4 is 42.6 Å². The molecule has 0 bridgehead atoms. The number of allylic oxidation sites excluding steroid dienone is 14. The van der Waals surface area contributed by atoms with Crippen molar-refractivity contribution in [3.05, 3.63) is 389 Å². The monoisotopic (exact) mass is 1400 g/mol. The van der Waals surface area contributed by atoms with E-state index in [0.717, 1.165) is 18.5 Å². The van der Waals surface area contributed by atoms with Crippen LogP contribution >= 0.6 is 0 Å². The molecule has 0 N–H and O–H groups in total. The van der Waals surface area contributed by atoms with Crippen LogP contribution in [0, 0.1) is 0 Å². The van der Waals surface area contributed by atoms with E-state index in [4.69, 9.17) is 0 Å². The highest BCUT2D eigenvalue weighted by molar-refractivity contribution is 7.02. The van der Waals surface area contributed by atoms with E-state index >= 15 is 0 Å². The van der Waals surface area contributed by atoms with Gasteiger partial charge in [-0.2, -0.15) is 0 Å². The Bertz CT molecular complexity index is 7460. The molecule has 2 atom stereocenters. The summed E-state index contributed by atoms with van der Waals surface area (Å²) in [7, 11) is 0. The fraction of sp³-hybridized carbons (Fsp3) is 0.0385. The molecule has 17 aromatic rings. The van der Waals surface area contributed by atoms with Crippen molar-refractivity contribution in [3.8, 4) is 50.4 Å². The number of rotatable bonds is 6. The molecule has 0 amide bonds. The van der Waals surface area contributed by atoms with Gasteiger partial charge in [-0.25, -0.2) is 0 Å². The van der Waals surface area contributed by atoms with Crippen molar-refractivity contribution in [2.45, 2.75) is 24.7 Å². The van der Waals surface area contributed by atoms with Gasteiger partial charge in [-0.15, -0.1) is 0 Å². The van der Waals surface area contributed by atoms with Crippen molar-refractivity contribution in [3.63, 3.8) is 0 Å². The number of aromatic nitrogens is 3. The lowest BCUT2D eigenvalue weighted by molar-refractivity contribution is 0.892. The summed E-state index contributed by atoms with van der Waals surface area (Å²) in [4.78, 5) is 5.23. The van der Waals surface area contributed by atoms with Gasteiger partial charge in [0.1, 0.15) is 0 Å². The Morgan fingerprint density at radius 2 is 0.721 bits per heavy atom. The smallest absolute Gasteiger partial charge is 0.248 e. The Morgan fingerprint density at radius 3 is 1.25 bits per heavy atom. The molecule has 111 heavy (non-hydrogen) atoms. The van der Waals surface area contributed by atoms with Crippen LogP contribution in [-0.2, 0) is 12.8 Å². The Hall–Kier alpha value is -13.9. The number of anilines is 6. The fourth-order valence-electron chi connectivity index (χ4n) is 22.4. The first kappa shape index (κ1) is 59.2. The highest BCUT2D eigenvalue weighted by atomic mass is 15.2. The average molecular weight is 1400 g/mol. The molecule has 510 valence electrons. The summed E-state index contributed by atoms with van der Waals surface area (Å²) >= 11 is 0. The first-order valence-electron chi connectivity index (χ1n) is 39.4. The van der Waals surface area contributed by atoms with E-state index in [0.29, 0.717) is 0 Å². The van der Waals surface area contributed by atoms with Crippen molar-refractivity contribution in [2.24, 2.45) is 0 Å². The number of hydrogen-bond acceptors (Lipinski definition) is 2. The first-order valence-corrected chi connectivity index (χ1v) is 39.4. The average Bonchev–Trinajstić information content (AvgIpc) is 1.54. The van der Waals surface area contributed by atoms with Gasteiger partial charge in [0.05, 0.1) is 33.1 Å². The number of benzene rings is 14. The van der Waals surface area contributed by atoms with E-state index in [2.05, 4.69) is 369 Å². The Morgan fingerprint density at radius 1 is 0.279 bits per heavy atom. The molecular formula is C104H63B2N5. The van der Waals surface area contributed by atoms with E-state index in [9.17, 15) is 0 Å². The normalized spacial score (nSPS) is 16.8. The standard InChI is InChI=1S/C104H63B2N5/c1-6-29-88-76(20-1)77-21-2-7-30-89(77)107(88)69-45-48-75-81-26-14-34-96-103(81)106(85(75)57-69)87-59-71(47-51-95(87)110(96)72-52-65-40-36-60-16-11-17-61-37-41-66(53-72)100(65)98(60)61)109-92-33-10-5-24-80(92)83-56-64(44-49-93(83)109)74-25-13-28-84-102(74)82-27-15-35-97-104(82)105(84)86-58-70(108-90-31-8-3-22-78(90)79-23-4-9-32-91(79)108)46-50-94(86)111(97)73-54-67-42-38-62-18-12-19-63-39-43-68(55-73)101(67)99(62)63/h1-40,42,44-59,98-99H,41,43H2. The zero-order chi connectivity index (χ0) is 71.7. The molecule has 7 heteroatoms. The van der Waals surface area contributed by atoms with Crippen molar-refractivity contribution in [1.82, 2.24) is 13.7 Å². The summed E-state index contributed by atoms with van der Waals surface area (Å²) in [6.45, 7) is -0.0637. The molecule has 0 fully saturated rings. The summed E-state index contributed by atoms with van der Waals surface area (Å²) in [6.07, 6.45) is 29.9. The van der Waals surface area contributed by atoms with Crippen LogP contribution in [0.1, 0.15) is 45.2 Å². The Kier molecular flexibility index (Phi) is 11.5. The number of fused-ring (bicyclic) bond motifs is 19. The maximum absolute atomic E-state index is 2.61. The maximum atomic E-state index is 2.61. The second kappa shape index (κ2) is 21.5. The van der Waals surface area contributed by atoms with Crippen molar-refractivity contribution in [1.29, 1.82) is 0 Å². The summed E-state index contributed by atoms with van der Waals surface area (Å²) in [6, 6.07) is 106. The number of nitrogens with zero attached hydrogens (tertiary/aromatic N) is 5. The van der Waals surface area contributed by atoms with Crippen LogP contribution in [0.15, 0.2) is 356 Å². The predicted molar refractivity (Wildman–Crippen MR) is 466 cm³/mol. The van der Waals surface area contributed by atoms with Gasteiger partial charge < -0.3 is 23.5 Å². The van der Waals surface area contributed by atoms with E-state index in [1.807, 2.05) is 0 Å². The van der Waals surface area contributed by atoms with Crippen molar-refractivity contribution in [2.75, 3.05) is 9.80 Å². The van der Waals surface area contributed by atoms with Crippen molar-refractivity contribution < 1.29 is 0 Å². The van der Waals surface area contributed by atoms with Gasteiger partial charge in [-0.3, -0.25) is 0 Å². The predicted octanol–water partition coefficient (Wildman–Crippen LogP) is 21.4. The lowest BCUT2D eigenvalue weighted by Crippen LogP contribution is -2.54. The molecule has 0 spiro atoms. The lowest BCUT2D eigenvalue weighted by Gasteiger charge is -2.38. The fourth-order valence-corrected chi connectivity index (χ4v) is 22.4. The molecule has 10 aliphatic rings. The van der Waals surface area contributed by atoms with Crippen LogP contribution in [0.5, 0.6) is 0 Å². The minimum atomic E-state index is -0.0419. The lowest BCUT2D eigenvalue weighted by atomic mass is 9.37. The van der Waals surface area contributed by atoms with E-state index < -0.39 is 0 Å². The Balaban J connectivity index is 0.639. The molecule has 4 aliphatic heterocycles. The second-order valence-corrected chi connectivity index (χ2v) is 32.0. The molecule has 0 saturated heterocycles. The van der Waals surface area contributed by atoms with Crippen LogP contribution in [0.4, 0.5) is 34.1 Å². The van der Waals surface area contributed by atoms with E-state index in [-0.39, 0.29) is 25.3 Å². The van der Waals surface area contributed by atoms with Gasteiger partial charge >= 0.3 is 0 Å². The zero-order valence-corrected chi connectivity index (χ0v) is 60.4. The summed E-state index contributed by atoms with van der Waals surface area (Å²) < 4.78 is 7.55. The molecule has 0 saturated carbocycles. The van der Waals surface area contributed by atoms with Crippen LogP contribution in [0.25, 0.3) is 128 Å². The van der Waals surface area contributed by atoms with Gasteiger partial charge in [-0.1, -0.05) is 229 Å². The largest absolute Gasteiger partial charge is 0.311 e. The highest BCUT2D eigenvalue weighted by Crippen LogP contribution is 2.54. The van der Waals surface area contributed by atoms with Crippen LogP contribution in [-0.4, -0.2) is 27.1 Å². The minimum Gasteiger partial charge on any atom is -0.311 e. The number of hydrogen-bond donors (Lipinski definition) is 0. The molecule has 5 nitrogen and oxygen atoms in total. The number of para-hydroxylation sites is 5. The van der Waals surface area contributed by atoms with Gasteiger partial charge in [0, 0.05) is 95.3 Å². The van der Waals surface area contributed by atoms with E-state index in [1.54, 1.807) is 0 Å². The third kappa shape index (κ3) is 7.77. The third-order valence-corrected chi connectivity index (χ3v) is 26.8.